The predicted octanol–water partition coefficient (Wildman–Crippen LogP) is -0.00620. The van der Waals surface area contributed by atoms with Gasteiger partial charge in [-0.25, -0.2) is 8.78 Å². The first-order chi connectivity index (χ1) is 7.18. The first-order valence-corrected chi connectivity index (χ1v) is 5.02. The quantitative estimate of drug-likeness (QED) is 0.596. The van der Waals surface area contributed by atoms with Gasteiger partial charge in [-0.2, -0.15) is 0 Å². The fourth-order valence-electron chi connectivity index (χ4n) is 1.26. The van der Waals surface area contributed by atoms with Crippen LogP contribution in [0.2, 0.25) is 0 Å². The topological polar surface area (TPSA) is 50.4 Å². The van der Waals surface area contributed by atoms with Crippen molar-refractivity contribution in [2.24, 2.45) is 5.92 Å². The van der Waals surface area contributed by atoms with E-state index in [1.165, 1.54) is 0 Å². The molecule has 0 radical (unpaired) electrons. The number of carbonyl (C=O) groups is 1. The van der Waals surface area contributed by atoms with Crippen molar-refractivity contribution in [3.05, 3.63) is 0 Å². The van der Waals surface area contributed by atoms with Crippen molar-refractivity contribution in [3.8, 4) is 0 Å². The van der Waals surface area contributed by atoms with Crippen molar-refractivity contribution in [2.45, 2.75) is 12.8 Å². The molecule has 0 unspecified atom stereocenters. The summed E-state index contributed by atoms with van der Waals surface area (Å²) in [6, 6.07) is 0. The lowest BCUT2D eigenvalue weighted by molar-refractivity contribution is -0.122. The molecule has 1 fully saturated rings. The molecule has 2 N–H and O–H groups in total. The number of halogens is 2. The Kier molecular flexibility index (Phi) is 5.49. The summed E-state index contributed by atoms with van der Waals surface area (Å²) in [5, 5.41) is 5.69. The van der Waals surface area contributed by atoms with Crippen LogP contribution in [0.25, 0.3) is 0 Å². The molecule has 1 heterocycles. The van der Waals surface area contributed by atoms with E-state index in [-0.39, 0.29) is 12.5 Å². The first kappa shape index (κ1) is 12.3. The van der Waals surface area contributed by atoms with E-state index in [1.54, 1.807) is 0 Å². The van der Waals surface area contributed by atoms with E-state index in [4.69, 9.17) is 0 Å². The Bertz CT molecular complexity index is 199. The molecule has 6 heteroatoms. The minimum atomic E-state index is -2.44. The lowest BCUT2D eigenvalue weighted by Crippen LogP contribution is -2.44. The maximum Gasteiger partial charge on any atom is 0.261 e. The largest absolute Gasteiger partial charge is 0.374 e. The van der Waals surface area contributed by atoms with E-state index in [2.05, 4.69) is 15.4 Å². The molecule has 4 nitrogen and oxygen atoms in total. The van der Waals surface area contributed by atoms with Crippen LogP contribution in [-0.2, 0) is 9.53 Å². The van der Waals surface area contributed by atoms with Crippen molar-refractivity contribution >= 4 is 5.91 Å². The molecule has 0 aromatic carbocycles. The number of hydrogen-bond acceptors (Lipinski definition) is 3. The molecule has 88 valence electrons. The summed E-state index contributed by atoms with van der Waals surface area (Å²) in [7, 11) is 0. The fraction of sp³-hybridized carbons (Fsp3) is 0.889. The van der Waals surface area contributed by atoms with Gasteiger partial charge in [0.2, 0.25) is 5.91 Å². The SMILES string of the molecule is O=C(CC1CNC1)NCCOCC(F)F. The highest BCUT2D eigenvalue weighted by molar-refractivity contribution is 5.76. The average Bonchev–Trinajstić information content (AvgIpc) is 2.10. The molecule has 1 aliphatic heterocycles. The average molecular weight is 222 g/mol. The van der Waals surface area contributed by atoms with E-state index < -0.39 is 13.0 Å². The van der Waals surface area contributed by atoms with Crippen molar-refractivity contribution in [3.63, 3.8) is 0 Å². The number of rotatable bonds is 7. The molecule has 0 aromatic heterocycles. The Labute approximate surface area is 87.4 Å². The lowest BCUT2D eigenvalue weighted by atomic mass is 9.99. The minimum Gasteiger partial charge on any atom is -0.374 e. The van der Waals surface area contributed by atoms with E-state index in [9.17, 15) is 13.6 Å². The minimum absolute atomic E-state index is 0.0397. The number of ether oxygens (including phenoxy) is 1. The van der Waals surface area contributed by atoms with Gasteiger partial charge in [0.05, 0.1) is 6.61 Å². The van der Waals surface area contributed by atoms with Gasteiger partial charge >= 0.3 is 0 Å². The van der Waals surface area contributed by atoms with Crippen LogP contribution in [0, 0.1) is 5.92 Å². The van der Waals surface area contributed by atoms with Crippen LogP contribution in [-0.4, -0.2) is 45.2 Å². The van der Waals surface area contributed by atoms with Crippen LogP contribution in [0.3, 0.4) is 0 Å². The van der Waals surface area contributed by atoms with Crippen molar-refractivity contribution < 1.29 is 18.3 Å². The Morgan fingerprint density at radius 2 is 2.27 bits per heavy atom. The van der Waals surface area contributed by atoms with Crippen LogP contribution in [0.15, 0.2) is 0 Å². The van der Waals surface area contributed by atoms with E-state index in [1.807, 2.05) is 0 Å². The second-order valence-corrected chi connectivity index (χ2v) is 3.54. The molecule has 1 amide bonds. The summed E-state index contributed by atoms with van der Waals surface area (Å²) in [5.74, 6) is 0.383. The molecular formula is C9H16F2N2O2. The summed E-state index contributed by atoms with van der Waals surface area (Å²) in [6.45, 7) is 1.64. The van der Waals surface area contributed by atoms with Crippen molar-refractivity contribution in [1.82, 2.24) is 10.6 Å². The summed E-state index contributed by atoms with van der Waals surface area (Å²) in [4.78, 5) is 11.2. The van der Waals surface area contributed by atoms with E-state index >= 15 is 0 Å². The molecule has 0 bridgehead atoms. The highest BCUT2D eigenvalue weighted by Gasteiger charge is 2.19. The number of amides is 1. The standard InChI is InChI=1S/C9H16F2N2O2/c10-8(11)6-15-2-1-13-9(14)3-7-4-12-5-7/h7-8,12H,1-6H2,(H,13,14). The zero-order valence-corrected chi connectivity index (χ0v) is 8.47. The van der Waals surface area contributed by atoms with Crippen molar-refractivity contribution in [2.75, 3.05) is 32.8 Å². The maximum absolute atomic E-state index is 11.6. The van der Waals surface area contributed by atoms with Gasteiger partial charge in [0.15, 0.2) is 0 Å². The molecule has 1 rings (SSSR count). The Morgan fingerprint density at radius 1 is 1.53 bits per heavy atom. The van der Waals surface area contributed by atoms with Crippen LogP contribution in [0.1, 0.15) is 6.42 Å². The Hall–Kier alpha value is -0.750. The number of nitrogens with one attached hydrogen (secondary N) is 2. The molecule has 0 atom stereocenters. The monoisotopic (exact) mass is 222 g/mol. The van der Waals surface area contributed by atoms with Crippen LogP contribution in [0.4, 0.5) is 8.78 Å². The van der Waals surface area contributed by atoms with Crippen molar-refractivity contribution in [1.29, 1.82) is 0 Å². The van der Waals surface area contributed by atoms with Gasteiger partial charge in [0.1, 0.15) is 6.61 Å². The maximum atomic E-state index is 11.6. The van der Waals surface area contributed by atoms with Gasteiger partial charge in [-0.3, -0.25) is 4.79 Å². The first-order valence-electron chi connectivity index (χ1n) is 5.02. The molecule has 0 aliphatic carbocycles. The summed E-state index contributed by atoms with van der Waals surface area (Å²) < 4.78 is 27.9. The third-order valence-electron chi connectivity index (χ3n) is 2.15. The molecule has 1 aliphatic rings. The highest BCUT2D eigenvalue weighted by Crippen LogP contribution is 2.07. The number of carbonyl (C=O) groups excluding carboxylic acids is 1. The molecule has 0 spiro atoms. The van der Waals surface area contributed by atoms with E-state index in [0.29, 0.717) is 18.9 Å². The van der Waals surface area contributed by atoms with Gasteiger partial charge in [-0.15, -0.1) is 0 Å². The second-order valence-electron chi connectivity index (χ2n) is 3.54. The third kappa shape index (κ3) is 5.64. The molecular weight excluding hydrogens is 206 g/mol. The normalized spacial score (nSPS) is 16.5. The number of hydrogen-bond donors (Lipinski definition) is 2. The molecule has 0 saturated carbocycles. The van der Waals surface area contributed by atoms with Gasteiger partial charge in [-0.05, 0) is 19.0 Å². The van der Waals surface area contributed by atoms with Gasteiger partial charge in [0, 0.05) is 13.0 Å². The van der Waals surface area contributed by atoms with Gasteiger partial charge in [-0.1, -0.05) is 0 Å². The van der Waals surface area contributed by atoms with Crippen LogP contribution < -0.4 is 10.6 Å². The molecule has 1 saturated heterocycles. The van der Waals surface area contributed by atoms with E-state index in [0.717, 1.165) is 13.1 Å². The lowest BCUT2D eigenvalue weighted by Gasteiger charge is -2.26. The Morgan fingerprint density at radius 3 is 2.80 bits per heavy atom. The fourth-order valence-corrected chi connectivity index (χ4v) is 1.26. The van der Waals surface area contributed by atoms with Gasteiger partial charge < -0.3 is 15.4 Å². The smallest absolute Gasteiger partial charge is 0.261 e. The third-order valence-corrected chi connectivity index (χ3v) is 2.15. The summed E-state index contributed by atoms with van der Waals surface area (Å²) >= 11 is 0. The van der Waals surface area contributed by atoms with Crippen LogP contribution in [0.5, 0.6) is 0 Å². The predicted molar refractivity (Wildman–Crippen MR) is 50.8 cm³/mol. The number of alkyl halides is 2. The Balaban J connectivity index is 1.88. The summed E-state index contributed by atoms with van der Waals surface area (Å²) in [5.41, 5.74) is 0. The zero-order chi connectivity index (χ0) is 11.1. The molecule has 0 aromatic rings. The second kappa shape index (κ2) is 6.68. The molecule has 15 heavy (non-hydrogen) atoms. The zero-order valence-electron chi connectivity index (χ0n) is 8.47. The summed E-state index contributed by atoms with van der Waals surface area (Å²) in [6.07, 6.45) is -1.94. The highest BCUT2D eigenvalue weighted by atomic mass is 19.3. The van der Waals surface area contributed by atoms with Gasteiger partial charge in [0.25, 0.3) is 6.43 Å². The van der Waals surface area contributed by atoms with Crippen LogP contribution >= 0.6 is 0 Å².